The number of hydrogen-bond donors (Lipinski definition) is 2. The van der Waals surface area contributed by atoms with E-state index >= 15 is 0 Å². The molecule has 2 rings (SSSR count). The zero-order chi connectivity index (χ0) is 13.9. The molecule has 2 N–H and O–H groups in total. The third kappa shape index (κ3) is 4.24. The van der Waals surface area contributed by atoms with E-state index in [1.807, 2.05) is 17.9 Å². The van der Waals surface area contributed by atoms with Crippen LogP contribution in [0.2, 0.25) is 0 Å². The molecular weight excluding hydrogens is 282 g/mol. The van der Waals surface area contributed by atoms with Crippen molar-refractivity contribution >= 4 is 21.8 Å². The summed E-state index contributed by atoms with van der Waals surface area (Å²) in [5.74, 6) is 0.780. The van der Waals surface area contributed by atoms with E-state index in [1.165, 1.54) is 12.8 Å². The molecule has 0 saturated heterocycles. The van der Waals surface area contributed by atoms with Gasteiger partial charge in [0.2, 0.25) is 10.0 Å². The number of rotatable bonds is 8. The number of aromatic nitrogens is 1. The Morgan fingerprint density at radius 1 is 1.47 bits per heavy atom. The molecule has 108 valence electrons. The highest BCUT2D eigenvalue weighted by Crippen LogP contribution is 2.20. The molecule has 0 spiro atoms. The summed E-state index contributed by atoms with van der Waals surface area (Å²) in [5.41, 5.74) is 0.997. The van der Waals surface area contributed by atoms with E-state index in [2.05, 4.69) is 10.0 Å². The number of nitrogens with one attached hydrogen (secondary N) is 2. The molecule has 0 atom stereocenters. The van der Waals surface area contributed by atoms with Crippen LogP contribution in [-0.2, 0) is 23.6 Å². The Morgan fingerprint density at radius 3 is 2.84 bits per heavy atom. The van der Waals surface area contributed by atoms with Gasteiger partial charge in [-0.25, -0.2) is 13.1 Å². The van der Waals surface area contributed by atoms with Crippen molar-refractivity contribution in [2.75, 3.05) is 18.6 Å². The molecule has 0 unspecified atom stereocenters. The van der Waals surface area contributed by atoms with Gasteiger partial charge in [-0.1, -0.05) is 0 Å². The standard InChI is InChI=1S/C12H21N3O2S2/c1-15-9-12(19(16,17)14-5-6-18-2)7-11(15)8-13-10-3-4-10/h7,9-10,13-14H,3-6,8H2,1-2H3. The molecular formula is C12H21N3O2S2. The Hall–Kier alpha value is -0.500. The van der Waals surface area contributed by atoms with Gasteiger partial charge in [0.15, 0.2) is 0 Å². The van der Waals surface area contributed by atoms with E-state index in [1.54, 1.807) is 24.0 Å². The fourth-order valence-corrected chi connectivity index (χ4v) is 3.36. The van der Waals surface area contributed by atoms with E-state index in [4.69, 9.17) is 0 Å². The number of sulfonamides is 1. The van der Waals surface area contributed by atoms with Crippen molar-refractivity contribution in [2.24, 2.45) is 7.05 Å². The van der Waals surface area contributed by atoms with Crippen LogP contribution in [0.15, 0.2) is 17.2 Å². The average Bonchev–Trinajstić information content (AvgIpc) is 3.10. The third-order valence-corrected chi connectivity index (χ3v) is 5.18. The predicted octanol–water partition coefficient (Wildman–Crippen LogP) is 0.918. The molecule has 0 bridgehead atoms. The van der Waals surface area contributed by atoms with Crippen molar-refractivity contribution in [3.8, 4) is 0 Å². The Morgan fingerprint density at radius 2 is 2.21 bits per heavy atom. The molecule has 0 aliphatic heterocycles. The Balaban J connectivity index is 2.00. The molecule has 1 aromatic rings. The summed E-state index contributed by atoms with van der Waals surface area (Å²) < 4.78 is 28.6. The SMILES string of the molecule is CSCCNS(=O)(=O)c1cc(CNC2CC2)n(C)c1. The molecule has 1 saturated carbocycles. The lowest BCUT2D eigenvalue weighted by Gasteiger charge is -2.03. The minimum Gasteiger partial charge on any atom is -0.352 e. The summed E-state index contributed by atoms with van der Waals surface area (Å²) in [4.78, 5) is 0.351. The van der Waals surface area contributed by atoms with E-state index < -0.39 is 10.0 Å². The van der Waals surface area contributed by atoms with Crippen LogP contribution in [0, 0.1) is 0 Å². The van der Waals surface area contributed by atoms with Gasteiger partial charge in [0.25, 0.3) is 0 Å². The van der Waals surface area contributed by atoms with Gasteiger partial charge in [-0.3, -0.25) is 0 Å². The third-order valence-electron chi connectivity index (χ3n) is 3.14. The molecule has 0 amide bonds. The zero-order valence-electron chi connectivity index (χ0n) is 11.3. The monoisotopic (exact) mass is 303 g/mol. The number of hydrogen-bond acceptors (Lipinski definition) is 4. The van der Waals surface area contributed by atoms with Crippen molar-refractivity contribution in [3.05, 3.63) is 18.0 Å². The van der Waals surface area contributed by atoms with Gasteiger partial charge in [0, 0.05) is 43.8 Å². The van der Waals surface area contributed by atoms with Crippen LogP contribution in [0.1, 0.15) is 18.5 Å². The second-order valence-corrected chi connectivity index (χ2v) is 7.58. The van der Waals surface area contributed by atoms with Gasteiger partial charge in [0.05, 0.1) is 4.90 Å². The maximum absolute atomic E-state index is 12.1. The van der Waals surface area contributed by atoms with Gasteiger partial charge in [-0.05, 0) is 25.2 Å². The number of nitrogens with zero attached hydrogens (tertiary/aromatic N) is 1. The highest BCUT2D eigenvalue weighted by Gasteiger charge is 2.21. The second-order valence-electron chi connectivity index (χ2n) is 4.82. The predicted molar refractivity (Wildman–Crippen MR) is 78.8 cm³/mol. The molecule has 7 heteroatoms. The molecule has 1 aromatic heterocycles. The minimum absolute atomic E-state index is 0.351. The molecule has 1 heterocycles. The minimum atomic E-state index is -3.37. The fourth-order valence-electron chi connectivity index (χ4n) is 1.80. The highest BCUT2D eigenvalue weighted by molar-refractivity contribution is 7.98. The van der Waals surface area contributed by atoms with E-state index in [0.717, 1.165) is 18.0 Å². The largest absolute Gasteiger partial charge is 0.352 e. The smallest absolute Gasteiger partial charge is 0.242 e. The van der Waals surface area contributed by atoms with Crippen LogP contribution in [0.5, 0.6) is 0 Å². The summed E-state index contributed by atoms with van der Waals surface area (Å²) in [6, 6.07) is 2.37. The topological polar surface area (TPSA) is 63.1 Å². The molecule has 0 radical (unpaired) electrons. The quantitative estimate of drug-likeness (QED) is 0.701. The normalized spacial score (nSPS) is 15.9. The maximum Gasteiger partial charge on any atom is 0.242 e. The molecule has 1 aliphatic carbocycles. The van der Waals surface area contributed by atoms with Gasteiger partial charge < -0.3 is 9.88 Å². The maximum atomic E-state index is 12.1. The Bertz CT molecular complexity index is 521. The molecule has 5 nitrogen and oxygen atoms in total. The lowest BCUT2D eigenvalue weighted by atomic mass is 10.4. The molecule has 0 aromatic carbocycles. The fraction of sp³-hybridized carbons (Fsp3) is 0.667. The summed E-state index contributed by atoms with van der Waals surface area (Å²) in [6.45, 7) is 1.19. The van der Waals surface area contributed by atoms with Crippen molar-refractivity contribution in [3.63, 3.8) is 0 Å². The summed E-state index contributed by atoms with van der Waals surface area (Å²) >= 11 is 1.62. The first-order chi connectivity index (χ1) is 9.03. The number of thioether (sulfide) groups is 1. The van der Waals surface area contributed by atoms with Crippen LogP contribution in [-0.4, -0.2) is 37.6 Å². The lowest BCUT2D eigenvalue weighted by molar-refractivity contribution is 0.584. The van der Waals surface area contributed by atoms with Crippen LogP contribution < -0.4 is 10.0 Å². The zero-order valence-corrected chi connectivity index (χ0v) is 13.0. The lowest BCUT2D eigenvalue weighted by Crippen LogP contribution is -2.25. The molecule has 1 aliphatic rings. The van der Waals surface area contributed by atoms with Gasteiger partial charge in [0.1, 0.15) is 0 Å². The summed E-state index contributed by atoms with van der Waals surface area (Å²) in [7, 11) is -1.49. The highest BCUT2D eigenvalue weighted by atomic mass is 32.2. The second kappa shape index (κ2) is 6.30. The Labute approximate surface area is 119 Å². The summed E-state index contributed by atoms with van der Waals surface area (Å²) in [6.07, 6.45) is 6.08. The first-order valence-corrected chi connectivity index (χ1v) is 9.28. The Kier molecular flexibility index (Phi) is 4.94. The summed E-state index contributed by atoms with van der Waals surface area (Å²) in [5, 5.41) is 3.39. The van der Waals surface area contributed by atoms with E-state index in [-0.39, 0.29) is 0 Å². The first kappa shape index (κ1) is 14.9. The van der Waals surface area contributed by atoms with Gasteiger partial charge in [-0.15, -0.1) is 0 Å². The number of aryl methyl sites for hydroxylation is 1. The van der Waals surface area contributed by atoms with Gasteiger partial charge >= 0.3 is 0 Å². The van der Waals surface area contributed by atoms with Crippen LogP contribution in [0.25, 0.3) is 0 Å². The van der Waals surface area contributed by atoms with Crippen LogP contribution in [0.4, 0.5) is 0 Å². The van der Waals surface area contributed by atoms with E-state index in [0.29, 0.717) is 17.5 Å². The molecule has 19 heavy (non-hydrogen) atoms. The average molecular weight is 303 g/mol. The van der Waals surface area contributed by atoms with Crippen molar-refractivity contribution < 1.29 is 8.42 Å². The van der Waals surface area contributed by atoms with Gasteiger partial charge in [-0.2, -0.15) is 11.8 Å². The van der Waals surface area contributed by atoms with Crippen molar-refractivity contribution in [2.45, 2.75) is 30.3 Å². The van der Waals surface area contributed by atoms with Crippen LogP contribution >= 0.6 is 11.8 Å². The molecule has 1 fully saturated rings. The first-order valence-electron chi connectivity index (χ1n) is 6.40. The van der Waals surface area contributed by atoms with Crippen LogP contribution in [0.3, 0.4) is 0 Å². The van der Waals surface area contributed by atoms with Crippen molar-refractivity contribution in [1.29, 1.82) is 0 Å². The van der Waals surface area contributed by atoms with Crippen molar-refractivity contribution in [1.82, 2.24) is 14.6 Å². The van der Waals surface area contributed by atoms with E-state index in [9.17, 15) is 8.42 Å².